The Balaban J connectivity index is 1.78. The first-order chi connectivity index (χ1) is 9.22. The van der Waals surface area contributed by atoms with Crippen molar-refractivity contribution >= 4 is 0 Å². The molecule has 1 aliphatic carbocycles. The Bertz CT molecular complexity index is 579. The van der Waals surface area contributed by atoms with E-state index >= 15 is 0 Å². The van der Waals surface area contributed by atoms with Crippen LogP contribution in [-0.2, 0) is 0 Å². The Labute approximate surface area is 110 Å². The van der Waals surface area contributed by atoms with Crippen molar-refractivity contribution in [1.82, 2.24) is 4.98 Å². The van der Waals surface area contributed by atoms with Crippen LogP contribution in [0.15, 0.2) is 36.5 Å². The fraction of sp³-hybridized carbons (Fsp3) is 0.267. The summed E-state index contributed by atoms with van der Waals surface area (Å²) in [5, 5.41) is 9.39. The highest BCUT2D eigenvalue weighted by atomic mass is 19.1. The molecule has 0 saturated heterocycles. The van der Waals surface area contributed by atoms with Crippen molar-refractivity contribution in [2.45, 2.75) is 12.8 Å². The lowest BCUT2D eigenvalue weighted by atomic mass is 10.1. The second-order valence-corrected chi connectivity index (χ2v) is 4.80. The highest BCUT2D eigenvalue weighted by molar-refractivity contribution is 5.65. The lowest BCUT2D eigenvalue weighted by Gasteiger charge is -2.06. The van der Waals surface area contributed by atoms with Crippen LogP contribution in [0.3, 0.4) is 0 Å². The van der Waals surface area contributed by atoms with Gasteiger partial charge in [-0.3, -0.25) is 0 Å². The van der Waals surface area contributed by atoms with Crippen molar-refractivity contribution in [3.8, 4) is 22.8 Å². The molecule has 1 heterocycles. The summed E-state index contributed by atoms with van der Waals surface area (Å²) in [5.41, 5.74) is 0.952. The monoisotopic (exact) mass is 259 g/mol. The summed E-state index contributed by atoms with van der Waals surface area (Å²) in [6.45, 7) is 0.701. The van der Waals surface area contributed by atoms with Gasteiger partial charge in [0.15, 0.2) is 0 Å². The molecule has 1 aromatic heterocycles. The standard InChI is InChI=1S/C15H14FNO2/c16-14-5-4-12(18)7-13(14)11-3-6-15(17-8-11)19-9-10-1-2-10/h3-8,10,18H,1-2,9H2. The quantitative estimate of drug-likeness (QED) is 0.915. The van der Waals surface area contributed by atoms with Crippen molar-refractivity contribution < 1.29 is 14.2 Å². The van der Waals surface area contributed by atoms with Crippen molar-refractivity contribution in [2.24, 2.45) is 5.92 Å². The summed E-state index contributed by atoms with van der Waals surface area (Å²) >= 11 is 0. The van der Waals surface area contributed by atoms with E-state index in [2.05, 4.69) is 4.98 Å². The second-order valence-electron chi connectivity index (χ2n) is 4.80. The average molecular weight is 259 g/mol. The number of aromatic hydroxyl groups is 1. The molecule has 1 fully saturated rings. The molecular weight excluding hydrogens is 245 g/mol. The van der Waals surface area contributed by atoms with Crippen molar-refractivity contribution in [3.05, 3.63) is 42.3 Å². The van der Waals surface area contributed by atoms with Gasteiger partial charge in [-0.25, -0.2) is 9.37 Å². The summed E-state index contributed by atoms with van der Waals surface area (Å²) in [7, 11) is 0. The molecule has 0 atom stereocenters. The first-order valence-corrected chi connectivity index (χ1v) is 6.30. The summed E-state index contributed by atoms with van der Waals surface area (Å²) in [6.07, 6.45) is 4.01. The highest BCUT2D eigenvalue weighted by Gasteiger charge is 2.22. The number of rotatable bonds is 4. The maximum absolute atomic E-state index is 13.6. The molecule has 1 aromatic carbocycles. The number of phenolic OH excluding ortho intramolecular Hbond substituents is 1. The Kier molecular flexibility index (Phi) is 3.07. The predicted molar refractivity (Wildman–Crippen MR) is 69.5 cm³/mol. The van der Waals surface area contributed by atoms with Gasteiger partial charge >= 0.3 is 0 Å². The number of pyridine rings is 1. The van der Waals surface area contributed by atoms with Crippen LogP contribution in [0.25, 0.3) is 11.1 Å². The molecule has 4 heteroatoms. The minimum Gasteiger partial charge on any atom is -0.508 e. The van der Waals surface area contributed by atoms with Gasteiger partial charge < -0.3 is 9.84 Å². The van der Waals surface area contributed by atoms with E-state index in [0.717, 1.165) is 0 Å². The van der Waals surface area contributed by atoms with Crippen LogP contribution in [-0.4, -0.2) is 16.7 Å². The topological polar surface area (TPSA) is 42.4 Å². The second kappa shape index (κ2) is 4.88. The molecule has 19 heavy (non-hydrogen) atoms. The zero-order valence-electron chi connectivity index (χ0n) is 10.3. The minimum atomic E-state index is -0.383. The van der Waals surface area contributed by atoms with Gasteiger partial charge in [0.2, 0.25) is 5.88 Å². The molecule has 0 bridgehead atoms. The smallest absolute Gasteiger partial charge is 0.213 e. The van der Waals surface area contributed by atoms with Gasteiger partial charge in [-0.1, -0.05) is 0 Å². The molecule has 3 rings (SSSR count). The van der Waals surface area contributed by atoms with Crippen LogP contribution in [0, 0.1) is 11.7 Å². The van der Waals surface area contributed by atoms with E-state index in [1.165, 1.54) is 31.0 Å². The number of benzene rings is 1. The average Bonchev–Trinajstić information content (AvgIpc) is 3.24. The maximum Gasteiger partial charge on any atom is 0.213 e. The van der Waals surface area contributed by atoms with E-state index in [4.69, 9.17) is 4.74 Å². The molecule has 0 aliphatic heterocycles. The van der Waals surface area contributed by atoms with Gasteiger partial charge in [-0.05, 0) is 43.0 Å². The van der Waals surface area contributed by atoms with Crippen molar-refractivity contribution in [3.63, 3.8) is 0 Å². The van der Waals surface area contributed by atoms with Gasteiger partial charge in [-0.2, -0.15) is 0 Å². The van der Waals surface area contributed by atoms with Crippen LogP contribution < -0.4 is 4.74 Å². The SMILES string of the molecule is Oc1ccc(F)c(-c2ccc(OCC3CC3)nc2)c1. The van der Waals surface area contributed by atoms with E-state index in [1.807, 2.05) is 0 Å². The Morgan fingerprint density at radius 1 is 1.26 bits per heavy atom. The van der Waals surface area contributed by atoms with Crippen molar-refractivity contribution in [1.29, 1.82) is 0 Å². The van der Waals surface area contributed by atoms with E-state index in [1.54, 1.807) is 18.3 Å². The van der Waals surface area contributed by atoms with E-state index < -0.39 is 0 Å². The number of aromatic nitrogens is 1. The highest BCUT2D eigenvalue weighted by Crippen LogP contribution is 2.30. The maximum atomic E-state index is 13.6. The molecule has 3 nitrogen and oxygen atoms in total. The molecule has 0 amide bonds. The summed E-state index contributed by atoms with van der Waals surface area (Å²) in [6, 6.07) is 7.41. The molecule has 2 aromatic rings. The molecule has 1 saturated carbocycles. The molecule has 1 N–H and O–H groups in total. The molecule has 98 valence electrons. The molecular formula is C15H14FNO2. The van der Waals surface area contributed by atoms with Crippen LogP contribution in [0.2, 0.25) is 0 Å². The first kappa shape index (κ1) is 12.0. The summed E-state index contributed by atoms with van der Waals surface area (Å²) in [4.78, 5) is 4.16. The number of halogens is 1. The van der Waals surface area contributed by atoms with Crippen molar-refractivity contribution in [2.75, 3.05) is 6.61 Å². The largest absolute Gasteiger partial charge is 0.508 e. The molecule has 1 aliphatic rings. The number of phenols is 1. The Morgan fingerprint density at radius 2 is 2.11 bits per heavy atom. The number of ether oxygens (including phenoxy) is 1. The fourth-order valence-corrected chi connectivity index (χ4v) is 1.85. The van der Waals surface area contributed by atoms with Gasteiger partial charge in [0, 0.05) is 23.4 Å². The zero-order chi connectivity index (χ0) is 13.2. The zero-order valence-corrected chi connectivity index (χ0v) is 10.3. The van der Waals surface area contributed by atoms with Crippen LogP contribution in [0.5, 0.6) is 11.6 Å². The lowest BCUT2D eigenvalue weighted by molar-refractivity contribution is 0.288. The predicted octanol–water partition coefficient (Wildman–Crippen LogP) is 3.38. The normalized spacial score (nSPS) is 14.4. The lowest BCUT2D eigenvalue weighted by Crippen LogP contribution is -2.00. The Hall–Kier alpha value is -2.10. The Morgan fingerprint density at radius 3 is 2.79 bits per heavy atom. The third kappa shape index (κ3) is 2.84. The van der Waals surface area contributed by atoms with Gasteiger partial charge in [-0.15, -0.1) is 0 Å². The summed E-state index contributed by atoms with van der Waals surface area (Å²) in [5.74, 6) is 0.873. The van der Waals surface area contributed by atoms with Crippen LogP contribution in [0.4, 0.5) is 4.39 Å². The van der Waals surface area contributed by atoms with Crippen LogP contribution >= 0.6 is 0 Å². The van der Waals surface area contributed by atoms with Gasteiger partial charge in [0.05, 0.1) is 6.61 Å². The molecule has 0 spiro atoms. The minimum absolute atomic E-state index is 0.0328. The third-order valence-electron chi connectivity index (χ3n) is 3.16. The molecule has 0 radical (unpaired) electrons. The third-order valence-corrected chi connectivity index (χ3v) is 3.16. The molecule has 0 unspecified atom stereocenters. The number of hydrogen-bond donors (Lipinski definition) is 1. The number of nitrogens with zero attached hydrogens (tertiary/aromatic N) is 1. The van der Waals surface area contributed by atoms with E-state index in [0.29, 0.717) is 29.5 Å². The van der Waals surface area contributed by atoms with Crippen LogP contribution in [0.1, 0.15) is 12.8 Å². The van der Waals surface area contributed by atoms with Gasteiger partial charge in [0.25, 0.3) is 0 Å². The van der Waals surface area contributed by atoms with Gasteiger partial charge in [0.1, 0.15) is 11.6 Å². The summed E-state index contributed by atoms with van der Waals surface area (Å²) < 4.78 is 19.2. The van der Waals surface area contributed by atoms with E-state index in [-0.39, 0.29) is 11.6 Å². The van der Waals surface area contributed by atoms with E-state index in [9.17, 15) is 9.50 Å². The number of hydrogen-bond acceptors (Lipinski definition) is 3. The fourth-order valence-electron chi connectivity index (χ4n) is 1.85. The first-order valence-electron chi connectivity index (χ1n) is 6.30.